The lowest BCUT2D eigenvalue weighted by atomic mass is 10.1. The van der Waals surface area contributed by atoms with Gasteiger partial charge in [0.2, 0.25) is 0 Å². The van der Waals surface area contributed by atoms with Gasteiger partial charge in [0.15, 0.2) is 5.82 Å². The molecular formula is C16H13Br3FN5O2S. The minimum Gasteiger partial charge on any atom is -0.279 e. The second kappa shape index (κ2) is 8.17. The summed E-state index contributed by atoms with van der Waals surface area (Å²) in [5, 5.41) is 11.3. The summed E-state index contributed by atoms with van der Waals surface area (Å²) in [5.41, 5.74) is 0.249. The normalized spacial score (nSPS) is 11.8. The van der Waals surface area contributed by atoms with Crippen molar-refractivity contribution in [2.45, 2.75) is 24.8 Å². The summed E-state index contributed by atoms with van der Waals surface area (Å²) in [6.07, 6.45) is 0. The smallest absolute Gasteiger partial charge is 0.264 e. The zero-order valence-corrected chi connectivity index (χ0v) is 20.1. The first-order valence-corrected chi connectivity index (χ1v) is 11.7. The van der Waals surface area contributed by atoms with Crippen molar-refractivity contribution in [2.24, 2.45) is 0 Å². The van der Waals surface area contributed by atoms with Crippen LogP contribution in [0.2, 0.25) is 0 Å². The number of tetrazole rings is 1. The molecule has 12 heteroatoms. The molecule has 0 saturated heterocycles. The maximum atomic E-state index is 14.7. The Hall–Kier alpha value is -1.37. The predicted octanol–water partition coefficient (Wildman–Crippen LogP) is 5.15. The number of nitrogens with zero attached hydrogens (tertiary/aromatic N) is 4. The molecule has 0 spiro atoms. The molecule has 0 unspecified atom stereocenters. The number of halogens is 4. The molecule has 1 N–H and O–H groups in total. The van der Waals surface area contributed by atoms with Crippen molar-refractivity contribution in [2.75, 3.05) is 4.72 Å². The molecule has 1 aromatic heterocycles. The van der Waals surface area contributed by atoms with Crippen molar-refractivity contribution in [1.29, 1.82) is 0 Å². The molecule has 1 heterocycles. The molecule has 148 valence electrons. The Bertz CT molecular complexity index is 1130. The highest BCUT2D eigenvalue weighted by atomic mass is 79.9. The molecule has 0 radical (unpaired) electrons. The van der Waals surface area contributed by atoms with Crippen LogP contribution in [-0.2, 0) is 10.0 Å². The van der Waals surface area contributed by atoms with Crippen molar-refractivity contribution in [3.05, 3.63) is 49.6 Å². The van der Waals surface area contributed by atoms with Crippen LogP contribution in [0.3, 0.4) is 0 Å². The Morgan fingerprint density at radius 1 is 1.11 bits per heavy atom. The van der Waals surface area contributed by atoms with Gasteiger partial charge in [-0.25, -0.2) is 17.5 Å². The highest BCUT2D eigenvalue weighted by Crippen LogP contribution is 2.35. The van der Waals surface area contributed by atoms with Gasteiger partial charge in [-0.15, -0.1) is 5.10 Å². The fourth-order valence-electron chi connectivity index (χ4n) is 2.47. The lowest BCUT2D eigenvalue weighted by Gasteiger charge is -2.13. The Morgan fingerprint density at radius 2 is 1.75 bits per heavy atom. The molecule has 0 fully saturated rings. The van der Waals surface area contributed by atoms with E-state index in [4.69, 9.17) is 0 Å². The van der Waals surface area contributed by atoms with Gasteiger partial charge in [0.1, 0.15) is 10.7 Å². The van der Waals surface area contributed by atoms with Crippen LogP contribution in [0.15, 0.2) is 48.6 Å². The number of anilines is 1. The summed E-state index contributed by atoms with van der Waals surface area (Å²) >= 11 is 9.78. The average Bonchev–Trinajstić information content (AvgIpc) is 3.02. The summed E-state index contributed by atoms with van der Waals surface area (Å²) in [5.74, 6) is -0.383. The van der Waals surface area contributed by atoms with Crippen LogP contribution in [0.5, 0.6) is 0 Å². The van der Waals surface area contributed by atoms with Crippen molar-refractivity contribution < 1.29 is 12.8 Å². The first-order valence-electron chi connectivity index (χ1n) is 7.85. The van der Waals surface area contributed by atoms with Gasteiger partial charge in [-0.05, 0) is 86.5 Å². The predicted molar refractivity (Wildman–Crippen MR) is 114 cm³/mol. The van der Waals surface area contributed by atoms with E-state index in [0.717, 1.165) is 6.07 Å². The Balaban J connectivity index is 1.96. The van der Waals surface area contributed by atoms with E-state index in [1.807, 2.05) is 13.8 Å². The lowest BCUT2D eigenvalue weighted by Crippen LogP contribution is -2.14. The monoisotopic (exact) mass is 595 g/mol. The maximum Gasteiger partial charge on any atom is 0.264 e. The van der Waals surface area contributed by atoms with Crippen molar-refractivity contribution >= 4 is 63.5 Å². The Morgan fingerprint density at radius 3 is 2.32 bits per heavy atom. The van der Waals surface area contributed by atoms with Crippen LogP contribution >= 0.6 is 47.8 Å². The quantitative estimate of drug-likeness (QED) is 0.439. The molecule has 0 amide bonds. The molecular weight excluding hydrogens is 585 g/mol. The van der Waals surface area contributed by atoms with Crippen LogP contribution in [-0.4, -0.2) is 28.6 Å². The summed E-state index contributed by atoms with van der Waals surface area (Å²) in [4.78, 5) is 0.00364. The lowest BCUT2D eigenvalue weighted by molar-refractivity contribution is 0.517. The van der Waals surface area contributed by atoms with E-state index in [1.165, 1.54) is 16.8 Å². The third-order valence-corrected chi connectivity index (χ3v) is 7.39. The standard InChI is InChI=1S/C16H13Br3FN5O2S/c1-8(2)25-16(21-23-24-25)11-4-3-10(7-14(11)20)22-28(26,27)15-12(18)5-9(17)6-13(15)19/h3-8,22H,1-2H3. The summed E-state index contributed by atoms with van der Waals surface area (Å²) in [6.45, 7) is 3.74. The maximum absolute atomic E-state index is 14.7. The summed E-state index contributed by atoms with van der Waals surface area (Å²) in [6, 6.07) is 7.13. The van der Waals surface area contributed by atoms with Crippen molar-refractivity contribution in [1.82, 2.24) is 20.2 Å². The summed E-state index contributed by atoms with van der Waals surface area (Å²) in [7, 11) is -3.97. The summed E-state index contributed by atoms with van der Waals surface area (Å²) < 4.78 is 45.5. The van der Waals surface area contributed by atoms with Crippen LogP contribution in [0, 0.1) is 5.82 Å². The molecule has 28 heavy (non-hydrogen) atoms. The minimum atomic E-state index is -3.97. The van der Waals surface area contributed by atoms with E-state index in [0.29, 0.717) is 13.4 Å². The molecule has 0 saturated carbocycles. The van der Waals surface area contributed by atoms with Gasteiger partial charge in [-0.3, -0.25) is 4.72 Å². The van der Waals surface area contributed by atoms with Crippen molar-refractivity contribution in [3.63, 3.8) is 0 Å². The SMILES string of the molecule is CC(C)n1nnnc1-c1ccc(NS(=O)(=O)c2c(Br)cc(Br)cc2Br)cc1F. The highest BCUT2D eigenvalue weighted by molar-refractivity contribution is 9.11. The van der Waals surface area contributed by atoms with E-state index in [9.17, 15) is 12.8 Å². The zero-order valence-electron chi connectivity index (χ0n) is 14.5. The van der Waals surface area contributed by atoms with Crippen LogP contribution in [0.25, 0.3) is 11.4 Å². The average molecular weight is 598 g/mol. The number of rotatable bonds is 5. The van der Waals surface area contributed by atoms with E-state index in [2.05, 4.69) is 68.0 Å². The third-order valence-electron chi connectivity index (χ3n) is 3.68. The largest absolute Gasteiger partial charge is 0.279 e. The Labute approximate surface area is 186 Å². The van der Waals surface area contributed by atoms with E-state index in [-0.39, 0.29) is 28.0 Å². The van der Waals surface area contributed by atoms with Gasteiger partial charge in [-0.2, -0.15) is 0 Å². The zero-order chi connectivity index (χ0) is 20.6. The number of benzene rings is 2. The molecule has 2 aromatic carbocycles. The molecule has 3 rings (SSSR count). The fourth-order valence-corrected chi connectivity index (χ4v) is 7.18. The fraction of sp³-hybridized carbons (Fsp3) is 0.188. The minimum absolute atomic E-state index is 0.00364. The highest BCUT2D eigenvalue weighted by Gasteiger charge is 2.23. The number of aromatic nitrogens is 4. The second-order valence-corrected chi connectivity index (χ2v) is 10.3. The molecule has 0 atom stereocenters. The first-order chi connectivity index (χ1) is 13.1. The number of hydrogen-bond donors (Lipinski definition) is 1. The van der Waals surface area contributed by atoms with E-state index >= 15 is 0 Å². The van der Waals surface area contributed by atoms with Gasteiger partial charge in [0, 0.05) is 13.4 Å². The molecule has 7 nitrogen and oxygen atoms in total. The van der Waals surface area contributed by atoms with Crippen molar-refractivity contribution in [3.8, 4) is 11.4 Å². The number of nitrogens with one attached hydrogen (secondary N) is 1. The Kier molecular flexibility index (Phi) is 6.23. The topological polar surface area (TPSA) is 89.8 Å². The van der Waals surface area contributed by atoms with Crippen LogP contribution < -0.4 is 4.72 Å². The van der Waals surface area contributed by atoms with Gasteiger partial charge < -0.3 is 0 Å². The molecule has 0 aliphatic rings. The van der Waals surface area contributed by atoms with Gasteiger partial charge >= 0.3 is 0 Å². The van der Waals surface area contributed by atoms with E-state index < -0.39 is 15.8 Å². The molecule has 3 aromatic rings. The first kappa shape index (κ1) is 21.3. The molecule has 0 aliphatic carbocycles. The van der Waals surface area contributed by atoms with Gasteiger partial charge in [0.05, 0.1) is 17.3 Å². The molecule has 0 aliphatic heterocycles. The van der Waals surface area contributed by atoms with Gasteiger partial charge in [-0.1, -0.05) is 15.9 Å². The molecule has 0 bridgehead atoms. The van der Waals surface area contributed by atoms with Crippen LogP contribution in [0.1, 0.15) is 19.9 Å². The van der Waals surface area contributed by atoms with Crippen LogP contribution in [0.4, 0.5) is 10.1 Å². The van der Waals surface area contributed by atoms with E-state index in [1.54, 1.807) is 12.1 Å². The second-order valence-electron chi connectivity index (χ2n) is 6.04. The third kappa shape index (κ3) is 4.29. The van der Waals surface area contributed by atoms with Gasteiger partial charge in [0.25, 0.3) is 10.0 Å². The number of hydrogen-bond acceptors (Lipinski definition) is 5. The number of sulfonamides is 1.